The van der Waals surface area contributed by atoms with Crippen LogP contribution < -0.4 is 19.7 Å². The van der Waals surface area contributed by atoms with Crippen molar-refractivity contribution in [2.24, 2.45) is 0 Å². The Morgan fingerprint density at radius 2 is 1.73 bits per heavy atom. The third kappa shape index (κ3) is 5.43. The summed E-state index contributed by atoms with van der Waals surface area (Å²) in [6.45, 7) is 9.86. The molecule has 1 atom stereocenters. The molecule has 0 aliphatic carbocycles. The molecule has 1 unspecified atom stereocenters. The number of ether oxygens (including phenoxy) is 2. The summed E-state index contributed by atoms with van der Waals surface area (Å²) in [6.07, 6.45) is 0. The molecule has 0 aromatic heterocycles. The molecule has 2 N–H and O–H groups in total. The average molecular weight is 543 g/mol. The maximum Gasteiger partial charge on any atom is 0.300 e. The number of methoxy groups -OCH3 is 1. The molecule has 3 aromatic carbocycles. The summed E-state index contributed by atoms with van der Waals surface area (Å²) < 4.78 is 11.4. The molecule has 0 saturated carbocycles. The van der Waals surface area contributed by atoms with E-state index in [0.29, 0.717) is 40.6 Å². The molecule has 8 heteroatoms. The minimum Gasteiger partial charge on any atom is -0.507 e. The van der Waals surface area contributed by atoms with Gasteiger partial charge in [-0.05, 0) is 54.8 Å². The number of aliphatic hydroxyl groups excluding tert-OH is 1. The predicted molar refractivity (Wildman–Crippen MR) is 155 cm³/mol. The highest BCUT2D eigenvalue weighted by atomic mass is 16.5. The van der Waals surface area contributed by atoms with E-state index in [1.807, 2.05) is 27.7 Å². The van der Waals surface area contributed by atoms with Gasteiger partial charge in [0.2, 0.25) is 5.91 Å². The van der Waals surface area contributed by atoms with E-state index < -0.39 is 17.7 Å². The normalized spacial score (nSPS) is 16.6. The highest BCUT2D eigenvalue weighted by Gasteiger charge is 2.48. The molecule has 8 nitrogen and oxygen atoms in total. The first-order chi connectivity index (χ1) is 19.0. The Hall–Kier alpha value is -4.59. The van der Waals surface area contributed by atoms with Crippen molar-refractivity contribution in [3.63, 3.8) is 0 Å². The van der Waals surface area contributed by atoms with Crippen molar-refractivity contribution in [3.8, 4) is 11.5 Å². The summed E-state index contributed by atoms with van der Waals surface area (Å²) in [5.41, 5.74) is 2.22. The van der Waals surface area contributed by atoms with Gasteiger partial charge in [0, 0.05) is 35.0 Å². The lowest BCUT2D eigenvalue weighted by Crippen LogP contribution is -2.29. The molecular formula is C32H34N2O6. The van der Waals surface area contributed by atoms with Crippen LogP contribution in [0.3, 0.4) is 0 Å². The number of rotatable bonds is 7. The van der Waals surface area contributed by atoms with Crippen molar-refractivity contribution in [2.75, 3.05) is 23.9 Å². The second kappa shape index (κ2) is 11.3. The number of Topliss-reactive ketones (excluding diaryl/α,β-unsaturated/α-hetero) is 1. The summed E-state index contributed by atoms with van der Waals surface area (Å²) >= 11 is 0. The van der Waals surface area contributed by atoms with Crippen LogP contribution in [0.5, 0.6) is 11.5 Å². The Kier molecular flexibility index (Phi) is 8.00. The van der Waals surface area contributed by atoms with Gasteiger partial charge in [-0.25, -0.2) is 0 Å². The number of nitrogens with zero attached hydrogens (tertiary/aromatic N) is 1. The van der Waals surface area contributed by atoms with Gasteiger partial charge < -0.3 is 19.9 Å². The molecule has 208 valence electrons. The third-order valence-corrected chi connectivity index (χ3v) is 6.68. The molecule has 0 spiro atoms. The molecule has 4 rings (SSSR count). The van der Waals surface area contributed by atoms with Crippen molar-refractivity contribution in [1.82, 2.24) is 0 Å². The van der Waals surface area contributed by atoms with Crippen molar-refractivity contribution < 1.29 is 29.0 Å². The number of ketones is 1. The van der Waals surface area contributed by atoms with E-state index in [2.05, 4.69) is 5.32 Å². The maximum absolute atomic E-state index is 13.7. The number of anilines is 2. The van der Waals surface area contributed by atoms with E-state index in [1.165, 1.54) is 18.9 Å². The molecule has 2 amide bonds. The van der Waals surface area contributed by atoms with Gasteiger partial charge in [-0.15, -0.1) is 0 Å². The molecule has 3 aromatic rings. The van der Waals surface area contributed by atoms with Gasteiger partial charge in [-0.3, -0.25) is 19.3 Å². The summed E-state index contributed by atoms with van der Waals surface area (Å²) in [7, 11) is 1.50. The number of nitrogens with one attached hydrogen (secondary N) is 1. The summed E-state index contributed by atoms with van der Waals surface area (Å²) in [5.74, 6) is -1.08. The summed E-state index contributed by atoms with van der Waals surface area (Å²) in [4.78, 5) is 40.3. The fourth-order valence-corrected chi connectivity index (χ4v) is 4.92. The fourth-order valence-electron chi connectivity index (χ4n) is 4.92. The number of amides is 2. The zero-order chi connectivity index (χ0) is 29.2. The molecule has 1 saturated heterocycles. The van der Waals surface area contributed by atoms with Gasteiger partial charge in [-0.1, -0.05) is 45.0 Å². The van der Waals surface area contributed by atoms with E-state index >= 15 is 0 Å². The number of benzene rings is 3. The van der Waals surface area contributed by atoms with Gasteiger partial charge in [-0.2, -0.15) is 0 Å². The zero-order valence-electron chi connectivity index (χ0n) is 23.6. The van der Waals surface area contributed by atoms with Crippen LogP contribution in [0.1, 0.15) is 57.4 Å². The Labute approximate surface area is 234 Å². The number of carbonyl (C=O) groups excluding carboxylic acids is 3. The van der Waals surface area contributed by atoms with E-state index in [-0.39, 0.29) is 22.7 Å². The fraction of sp³-hybridized carbons (Fsp3) is 0.281. The third-order valence-electron chi connectivity index (χ3n) is 6.68. The monoisotopic (exact) mass is 542 g/mol. The minimum absolute atomic E-state index is 0.0663. The van der Waals surface area contributed by atoms with Gasteiger partial charge in [0.25, 0.3) is 11.7 Å². The largest absolute Gasteiger partial charge is 0.507 e. The molecule has 1 heterocycles. The quantitative estimate of drug-likeness (QED) is 0.216. The Balaban J connectivity index is 1.97. The molecular weight excluding hydrogens is 508 g/mol. The lowest BCUT2D eigenvalue weighted by atomic mass is 9.84. The molecule has 1 aliphatic rings. The van der Waals surface area contributed by atoms with Crippen molar-refractivity contribution in [3.05, 3.63) is 89.0 Å². The smallest absolute Gasteiger partial charge is 0.300 e. The first-order valence-electron chi connectivity index (χ1n) is 13.1. The van der Waals surface area contributed by atoms with E-state index in [1.54, 1.807) is 66.7 Å². The van der Waals surface area contributed by atoms with Crippen molar-refractivity contribution in [1.29, 1.82) is 0 Å². The highest BCUT2D eigenvalue weighted by molar-refractivity contribution is 6.51. The van der Waals surface area contributed by atoms with Gasteiger partial charge in [0.1, 0.15) is 17.3 Å². The molecule has 0 bridgehead atoms. The SMILES string of the molecule is CCOc1ccc(/C(O)=C2\C(=O)C(=O)N(c3cccc(NC(C)=O)c3)C2c2ccccc2OC)cc1C(C)(C)C. The van der Waals surface area contributed by atoms with Crippen molar-refractivity contribution in [2.45, 2.75) is 46.1 Å². The number of para-hydroxylation sites is 1. The van der Waals surface area contributed by atoms with Crippen LogP contribution in [-0.2, 0) is 19.8 Å². The van der Waals surface area contributed by atoms with Crippen LogP contribution in [0.4, 0.5) is 11.4 Å². The Morgan fingerprint density at radius 1 is 1.00 bits per heavy atom. The van der Waals surface area contributed by atoms with Crippen LogP contribution >= 0.6 is 0 Å². The summed E-state index contributed by atoms with van der Waals surface area (Å²) in [5, 5.41) is 14.4. The molecule has 1 aliphatic heterocycles. The lowest BCUT2D eigenvalue weighted by Gasteiger charge is -2.27. The van der Waals surface area contributed by atoms with Crippen LogP contribution in [-0.4, -0.2) is 36.4 Å². The minimum atomic E-state index is -0.992. The molecule has 1 fully saturated rings. The number of carbonyl (C=O) groups is 3. The van der Waals surface area contributed by atoms with Gasteiger partial charge in [0.15, 0.2) is 0 Å². The number of hydrogen-bond acceptors (Lipinski definition) is 6. The lowest BCUT2D eigenvalue weighted by molar-refractivity contribution is -0.132. The van der Waals surface area contributed by atoms with E-state index in [9.17, 15) is 19.5 Å². The second-order valence-corrected chi connectivity index (χ2v) is 10.5. The zero-order valence-corrected chi connectivity index (χ0v) is 23.6. The maximum atomic E-state index is 13.7. The van der Waals surface area contributed by atoms with Gasteiger partial charge in [0.05, 0.1) is 25.3 Å². The van der Waals surface area contributed by atoms with Crippen molar-refractivity contribution >= 4 is 34.7 Å². The highest BCUT2D eigenvalue weighted by Crippen LogP contribution is 2.46. The second-order valence-electron chi connectivity index (χ2n) is 10.5. The first kappa shape index (κ1) is 28.4. The average Bonchev–Trinajstić information content (AvgIpc) is 3.17. The van der Waals surface area contributed by atoms with Crippen LogP contribution in [0.15, 0.2) is 72.3 Å². The van der Waals surface area contributed by atoms with Crippen LogP contribution in [0.2, 0.25) is 0 Å². The Morgan fingerprint density at radius 3 is 2.38 bits per heavy atom. The number of hydrogen-bond donors (Lipinski definition) is 2. The van der Waals surface area contributed by atoms with E-state index in [0.717, 1.165) is 5.56 Å². The predicted octanol–water partition coefficient (Wildman–Crippen LogP) is 5.98. The first-order valence-corrected chi connectivity index (χ1v) is 13.1. The van der Waals surface area contributed by atoms with Gasteiger partial charge >= 0.3 is 0 Å². The number of aliphatic hydroxyl groups is 1. The summed E-state index contributed by atoms with van der Waals surface area (Å²) in [6, 6.07) is 18.0. The molecule has 0 radical (unpaired) electrons. The van der Waals surface area contributed by atoms with Crippen LogP contribution in [0.25, 0.3) is 5.76 Å². The topological polar surface area (TPSA) is 105 Å². The Bertz CT molecular complexity index is 1500. The van der Waals surface area contributed by atoms with Crippen LogP contribution in [0, 0.1) is 0 Å². The van der Waals surface area contributed by atoms with E-state index in [4.69, 9.17) is 9.47 Å². The molecule has 40 heavy (non-hydrogen) atoms. The standard InChI is InChI=1S/C32H34N2O6/c1-7-40-26-16-15-20(17-24(26)32(3,4)5)29(36)27-28(23-13-8-9-14-25(23)39-6)34(31(38)30(27)37)22-12-10-11-21(18-22)33-19(2)35/h8-18,28,36H,7H2,1-6H3,(H,33,35)/b29-27+.